The average molecular weight is 254 g/mol. The van der Waals surface area contributed by atoms with E-state index in [1.807, 2.05) is 0 Å². The molecule has 1 aliphatic rings. The van der Waals surface area contributed by atoms with Gasteiger partial charge in [-0.3, -0.25) is 9.59 Å². The van der Waals surface area contributed by atoms with Crippen LogP contribution >= 0.6 is 0 Å². The van der Waals surface area contributed by atoms with Gasteiger partial charge < -0.3 is 4.74 Å². The van der Waals surface area contributed by atoms with E-state index in [9.17, 15) is 9.59 Å². The Balaban J connectivity index is 2.48. The third-order valence-electron chi connectivity index (χ3n) is 3.77. The van der Waals surface area contributed by atoms with Gasteiger partial charge in [-0.1, -0.05) is 44.9 Å². The second kappa shape index (κ2) is 9.12. The molecule has 0 saturated heterocycles. The molecule has 0 aromatic rings. The summed E-state index contributed by atoms with van der Waals surface area (Å²) in [5, 5.41) is 0. The number of esters is 1. The lowest BCUT2D eigenvalue weighted by Crippen LogP contribution is -2.20. The summed E-state index contributed by atoms with van der Waals surface area (Å²) in [4.78, 5) is 23.4. The van der Waals surface area contributed by atoms with Crippen LogP contribution in [0.3, 0.4) is 0 Å². The van der Waals surface area contributed by atoms with Crippen molar-refractivity contribution in [1.82, 2.24) is 0 Å². The number of ether oxygens (including phenoxy) is 1. The van der Waals surface area contributed by atoms with E-state index in [2.05, 4.69) is 0 Å². The first-order valence-electron chi connectivity index (χ1n) is 7.33. The largest absolute Gasteiger partial charge is 0.469 e. The van der Waals surface area contributed by atoms with Crippen molar-refractivity contribution in [3.8, 4) is 0 Å². The predicted molar refractivity (Wildman–Crippen MR) is 71.3 cm³/mol. The number of methoxy groups -OCH3 is 1. The predicted octanol–water partition coefficient (Wildman–Crippen LogP) is 3.65. The van der Waals surface area contributed by atoms with Gasteiger partial charge in [-0.05, 0) is 12.8 Å². The van der Waals surface area contributed by atoms with Gasteiger partial charge >= 0.3 is 5.97 Å². The number of hydrogen-bond donors (Lipinski definition) is 0. The van der Waals surface area contributed by atoms with Gasteiger partial charge in [0.05, 0.1) is 13.0 Å². The highest BCUT2D eigenvalue weighted by Gasteiger charge is 2.21. The van der Waals surface area contributed by atoms with Crippen molar-refractivity contribution in [2.75, 3.05) is 7.11 Å². The number of carbonyl (C=O) groups is 2. The molecule has 0 amide bonds. The molecule has 1 saturated carbocycles. The quantitative estimate of drug-likeness (QED) is 0.671. The molecule has 0 aliphatic heterocycles. The third kappa shape index (κ3) is 6.18. The Morgan fingerprint density at radius 2 is 1.56 bits per heavy atom. The average Bonchev–Trinajstić information content (AvgIpc) is 2.39. The van der Waals surface area contributed by atoms with Crippen LogP contribution in [0.25, 0.3) is 0 Å². The SMILES string of the molecule is COC(=O)C1CCCCCCCCCCC(=O)C1. The zero-order chi connectivity index (χ0) is 13.2. The van der Waals surface area contributed by atoms with E-state index in [0.29, 0.717) is 12.8 Å². The van der Waals surface area contributed by atoms with Gasteiger partial charge in [0.25, 0.3) is 0 Å². The van der Waals surface area contributed by atoms with Crippen molar-refractivity contribution in [2.24, 2.45) is 5.92 Å². The lowest BCUT2D eigenvalue weighted by Gasteiger charge is -2.13. The molecule has 0 spiro atoms. The Hall–Kier alpha value is -0.860. The van der Waals surface area contributed by atoms with Crippen LogP contribution in [0.5, 0.6) is 0 Å². The van der Waals surface area contributed by atoms with Gasteiger partial charge in [-0.2, -0.15) is 0 Å². The van der Waals surface area contributed by atoms with Crippen molar-refractivity contribution in [2.45, 2.75) is 70.6 Å². The standard InChI is InChI=1S/C15H26O3/c1-18-15(17)13-10-8-6-4-2-3-5-7-9-11-14(16)12-13/h13H,2-12H2,1H3. The number of carbonyl (C=O) groups excluding carboxylic acids is 2. The molecule has 0 N–H and O–H groups in total. The molecular weight excluding hydrogens is 228 g/mol. The van der Waals surface area contributed by atoms with Crippen molar-refractivity contribution in [3.05, 3.63) is 0 Å². The van der Waals surface area contributed by atoms with Gasteiger partial charge in [0, 0.05) is 12.8 Å². The maximum atomic E-state index is 11.8. The fraction of sp³-hybridized carbons (Fsp3) is 0.867. The molecule has 1 unspecified atom stereocenters. The molecule has 3 nitrogen and oxygen atoms in total. The van der Waals surface area contributed by atoms with Gasteiger partial charge in [0.2, 0.25) is 0 Å². The Morgan fingerprint density at radius 1 is 1.00 bits per heavy atom. The van der Waals surface area contributed by atoms with Crippen LogP contribution in [0.1, 0.15) is 70.6 Å². The van der Waals surface area contributed by atoms with E-state index in [0.717, 1.165) is 25.7 Å². The highest BCUT2D eigenvalue weighted by atomic mass is 16.5. The Kier molecular flexibility index (Phi) is 7.70. The monoisotopic (exact) mass is 254 g/mol. The highest BCUT2D eigenvalue weighted by Crippen LogP contribution is 2.20. The van der Waals surface area contributed by atoms with Gasteiger partial charge in [0.15, 0.2) is 0 Å². The van der Waals surface area contributed by atoms with E-state index >= 15 is 0 Å². The maximum absolute atomic E-state index is 11.8. The first-order valence-corrected chi connectivity index (χ1v) is 7.33. The summed E-state index contributed by atoms with van der Waals surface area (Å²) in [5.41, 5.74) is 0. The molecule has 0 aromatic carbocycles. The zero-order valence-electron chi connectivity index (χ0n) is 11.6. The molecule has 1 rings (SSSR count). The third-order valence-corrected chi connectivity index (χ3v) is 3.77. The van der Waals surface area contributed by atoms with E-state index in [1.165, 1.54) is 39.2 Å². The van der Waals surface area contributed by atoms with Crippen LogP contribution in [0, 0.1) is 5.92 Å². The van der Waals surface area contributed by atoms with E-state index in [-0.39, 0.29) is 17.7 Å². The lowest BCUT2D eigenvalue weighted by atomic mass is 9.94. The van der Waals surface area contributed by atoms with Crippen molar-refractivity contribution >= 4 is 11.8 Å². The molecule has 104 valence electrons. The first-order chi connectivity index (χ1) is 8.74. The minimum Gasteiger partial charge on any atom is -0.469 e. The normalized spacial score (nSPS) is 24.5. The molecule has 0 heterocycles. The van der Waals surface area contributed by atoms with Crippen LogP contribution in [-0.2, 0) is 14.3 Å². The number of hydrogen-bond acceptors (Lipinski definition) is 3. The summed E-state index contributed by atoms with van der Waals surface area (Å²) in [6, 6.07) is 0. The number of rotatable bonds is 1. The summed E-state index contributed by atoms with van der Waals surface area (Å²) < 4.78 is 4.80. The molecular formula is C15H26O3. The number of ketones is 1. The second-order valence-electron chi connectivity index (χ2n) is 5.33. The van der Waals surface area contributed by atoms with Gasteiger partial charge in [-0.25, -0.2) is 0 Å². The van der Waals surface area contributed by atoms with E-state index in [1.54, 1.807) is 0 Å². The van der Waals surface area contributed by atoms with Crippen LogP contribution < -0.4 is 0 Å². The van der Waals surface area contributed by atoms with Gasteiger partial charge in [0.1, 0.15) is 5.78 Å². The Bertz CT molecular complexity index is 260. The summed E-state index contributed by atoms with van der Waals surface area (Å²) >= 11 is 0. The molecule has 1 atom stereocenters. The summed E-state index contributed by atoms with van der Waals surface area (Å²) in [6.07, 6.45) is 11.2. The molecule has 3 heteroatoms. The van der Waals surface area contributed by atoms with Crippen LogP contribution in [0.4, 0.5) is 0 Å². The second-order valence-corrected chi connectivity index (χ2v) is 5.33. The highest BCUT2D eigenvalue weighted by molar-refractivity contribution is 5.84. The summed E-state index contributed by atoms with van der Waals surface area (Å²) in [7, 11) is 1.41. The van der Waals surface area contributed by atoms with Crippen LogP contribution in [0.2, 0.25) is 0 Å². The molecule has 0 aromatic heterocycles. The van der Waals surface area contributed by atoms with E-state index < -0.39 is 0 Å². The van der Waals surface area contributed by atoms with Crippen molar-refractivity contribution in [3.63, 3.8) is 0 Å². The van der Waals surface area contributed by atoms with Crippen LogP contribution in [0.15, 0.2) is 0 Å². The van der Waals surface area contributed by atoms with Crippen LogP contribution in [-0.4, -0.2) is 18.9 Å². The Labute approximate surface area is 110 Å². The Morgan fingerprint density at radius 3 is 2.17 bits per heavy atom. The summed E-state index contributed by atoms with van der Waals surface area (Å²) in [6.45, 7) is 0. The first kappa shape index (κ1) is 15.2. The van der Waals surface area contributed by atoms with Crippen molar-refractivity contribution < 1.29 is 14.3 Å². The number of Topliss-reactive ketones (excluding diaryl/α,β-unsaturated/α-hetero) is 1. The minimum absolute atomic E-state index is 0.205. The molecule has 1 fully saturated rings. The topological polar surface area (TPSA) is 43.4 Å². The van der Waals surface area contributed by atoms with Gasteiger partial charge in [-0.15, -0.1) is 0 Å². The van der Waals surface area contributed by atoms with Crippen molar-refractivity contribution in [1.29, 1.82) is 0 Å². The minimum atomic E-state index is -0.210. The molecule has 18 heavy (non-hydrogen) atoms. The molecule has 1 aliphatic carbocycles. The summed E-state index contributed by atoms with van der Waals surface area (Å²) in [5.74, 6) is -0.189. The molecule has 0 bridgehead atoms. The smallest absolute Gasteiger partial charge is 0.309 e. The maximum Gasteiger partial charge on any atom is 0.309 e. The lowest BCUT2D eigenvalue weighted by molar-refractivity contribution is -0.147. The fourth-order valence-corrected chi connectivity index (χ4v) is 2.62. The molecule has 0 radical (unpaired) electrons. The van der Waals surface area contributed by atoms with E-state index in [4.69, 9.17) is 4.74 Å². The zero-order valence-corrected chi connectivity index (χ0v) is 11.6. The fourth-order valence-electron chi connectivity index (χ4n) is 2.62.